The lowest BCUT2D eigenvalue weighted by Gasteiger charge is -2.25. The maximum Gasteiger partial charge on any atom is 0.0366 e. The van der Waals surface area contributed by atoms with Crippen molar-refractivity contribution >= 4 is 33.8 Å². The second kappa shape index (κ2) is 13.6. The van der Waals surface area contributed by atoms with Crippen LogP contribution in [-0.4, -0.2) is 13.1 Å². The molecule has 0 unspecified atom stereocenters. The lowest BCUT2D eigenvalue weighted by atomic mass is 10.1. The fourth-order valence-electron chi connectivity index (χ4n) is 3.39. The van der Waals surface area contributed by atoms with Gasteiger partial charge in [-0.2, -0.15) is 0 Å². The summed E-state index contributed by atoms with van der Waals surface area (Å²) in [5.74, 6) is 0. The highest BCUT2D eigenvalue weighted by atomic mass is 79.9. The van der Waals surface area contributed by atoms with Gasteiger partial charge < -0.3 is 4.90 Å². The molecule has 0 spiro atoms. The van der Waals surface area contributed by atoms with Gasteiger partial charge in [-0.1, -0.05) is 105 Å². The number of hydrogen-bond donors (Lipinski definition) is 0. The largest absolute Gasteiger partial charge is 0.372 e. The van der Waals surface area contributed by atoms with E-state index in [4.69, 9.17) is 0 Å². The minimum Gasteiger partial charge on any atom is -0.372 e. The summed E-state index contributed by atoms with van der Waals surface area (Å²) < 4.78 is 1.12. The lowest BCUT2D eigenvalue weighted by Crippen LogP contribution is -2.25. The van der Waals surface area contributed by atoms with Crippen LogP contribution in [0.2, 0.25) is 0 Å². The van der Waals surface area contributed by atoms with Crippen LogP contribution in [0.3, 0.4) is 0 Å². The SMILES string of the molecule is CCCCCCN(CCCCCC)c1ccc(C=Cc2ccc(Br)cc2)cc1. The smallest absolute Gasteiger partial charge is 0.0366 e. The minimum absolute atomic E-state index is 1.12. The van der Waals surface area contributed by atoms with Gasteiger partial charge in [0.1, 0.15) is 0 Å². The van der Waals surface area contributed by atoms with E-state index in [2.05, 4.69) is 95.4 Å². The van der Waals surface area contributed by atoms with Crippen LogP contribution < -0.4 is 4.90 Å². The zero-order valence-corrected chi connectivity index (χ0v) is 19.3. The molecule has 0 heterocycles. The molecule has 0 bridgehead atoms. The molecule has 2 rings (SSSR count). The molecule has 0 aliphatic rings. The molecular formula is C26H36BrN. The Morgan fingerprint density at radius 2 is 1.11 bits per heavy atom. The third kappa shape index (κ3) is 8.65. The number of rotatable bonds is 13. The molecule has 0 saturated heterocycles. The average Bonchev–Trinajstić information content (AvgIpc) is 2.73. The zero-order chi connectivity index (χ0) is 20.0. The number of hydrogen-bond acceptors (Lipinski definition) is 1. The van der Waals surface area contributed by atoms with E-state index in [9.17, 15) is 0 Å². The van der Waals surface area contributed by atoms with Crippen LogP contribution in [0.5, 0.6) is 0 Å². The van der Waals surface area contributed by atoms with Crippen LogP contribution in [0.15, 0.2) is 53.0 Å². The average molecular weight is 442 g/mol. The van der Waals surface area contributed by atoms with Crippen LogP contribution >= 0.6 is 15.9 Å². The summed E-state index contributed by atoms with van der Waals surface area (Å²) in [4.78, 5) is 2.59. The molecule has 0 aliphatic carbocycles. The second-order valence-corrected chi connectivity index (χ2v) is 8.50. The predicted octanol–water partition coefficient (Wildman–Crippen LogP) is 8.59. The molecule has 1 nitrogen and oxygen atoms in total. The Morgan fingerprint density at radius 1 is 0.643 bits per heavy atom. The van der Waals surface area contributed by atoms with Gasteiger partial charge in [0.2, 0.25) is 0 Å². The van der Waals surface area contributed by atoms with E-state index in [1.54, 1.807) is 0 Å². The van der Waals surface area contributed by atoms with Crippen molar-refractivity contribution in [2.45, 2.75) is 65.2 Å². The molecule has 0 amide bonds. The molecule has 2 aromatic carbocycles. The Balaban J connectivity index is 1.96. The fourth-order valence-corrected chi connectivity index (χ4v) is 3.66. The van der Waals surface area contributed by atoms with E-state index in [1.165, 1.54) is 81.3 Å². The van der Waals surface area contributed by atoms with Crippen molar-refractivity contribution in [3.8, 4) is 0 Å². The minimum atomic E-state index is 1.12. The molecule has 0 radical (unpaired) electrons. The molecular weight excluding hydrogens is 406 g/mol. The molecule has 2 heteroatoms. The van der Waals surface area contributed by atoms with Crippen molar-refractivity contribution < 1.29 is 0 Å². The summed E-state index contributed by atoms with van der Waals surface area (Å²) in [6.45, 7) is 6.92. The molecule has 0 aliphatic heterocycles. The van der Waals surface area contributed by atoms with Gasteiger partial charge in [-0.3, -0.25) is 0 Å². The Labute approximate surface area is 181 Å². The van der Waals surface area contributed by atoms with Gasteiger partial charge in [0.15, 0.2) is 0 Å². The molecule has 0 atom stereocenters. The van der Waals surface area contributed by atoms with Crippen molar-refractivity contribution in [3.63, 3.8) is 0 Å². The third-order valence-electron chi connectivity index (χ3n) is 5.16. The third-order valence-corrected chi connectivity index (χ3v) is 5.69. The molecule has 0 aromatic heterocycles. The zero-order valence-electron chi connectivity index (χ0n) is 17.7. The first-order valence-corrected chi connectivity index (χ1v) is 11.8. The van der Waals surface area contributed by atoms with Crippen LogP contribution in [-0.2, 0) is 0 Å². The van der Waals surface area contributed by atoms with Gasteiger partial charge in [0.05, 0.1) is 0 Å². The van der Waals surface area contributed by atoms with E-state index in [1.807, 2.05) is 0 Å². The summed E-state index contributed by atoms with van der Waals surface area (Å²) >= 11 is 3.49. The van der Waals surface area contributed by atoms with Crippen molar-refractivity contribution in [2.75, 3.05) is 18.0 Å². The summed E-state index contributed by atoms with van der Waals surface area (Å²) in [6.07, 6.45) is 15.0. The topological polar surface area (TPSA) is 3.24 Å². The Kier molecular flexibility index (Phi) is 11.1. The van der Waals surface area contributed by atoms with Crippen LogP contribution in [0.25, 0.3) is 12.2 Å². The molecule has 0 N–H and O–H groups in total. The maximum atomic E-state index is 3.49. The van der Waals surface area contributed by atoms with Gasteiger partial charge >= 0.3 is 0 Å². The van der Waals surface area contributed by atoms with Crippen LogP contribution in [0, 0.1) is 0 Å². The van der Waals surface area contributed by atoms with Crippen molar-refractivity contribution in [3.05, 3.63) is 64.1 Å². The number of nitrogens with zero attached hydrogens (tertiary/aromatic N) is 1. The highest BCUT2D eigenvalue weighted by molar-refractivity contribution is 9.10. The fraction of sp³-hybridized carbons (Fsp3) is 0.462. The van der Waals surface area contributed by atoms with E-state index in [-0.39, 0.29) is 0 Å². The standard InChI is InChI=1S/C26H36BrN/c1-3-5-7-9-21-28(22-10-8-6-4-2)26-19-15-24(16-20-26)12-11-23-13-17-25(27)18-14-23/h11-20H,3-10,21-22H2,1-2H3. The van der Waals surface area contributed by atoms with Crippen LogP contribution in [0.1, 0.15) is 76.3 Å². The highest BCUT2D eigenvalue weighted by Gasteiger charge is 2.06. The highest BCUT2D eigenvalue weighted by Crippen LogP contribution is 2.19. The van der Waals surface area contributed by atoms with Crippen molar-refractivity contribution in [2.24, 2.45) is 0 Å². The van der Waals surface area contributed by atoms with Crippen molar-refractivity contribution in [1.29, 1.82) is 0 Å². The van der Waals surface area contributed by atoms with E-state index < -0.39 is 0 Å². The summed E-state index contributed by atoms with van der Waals surface area (Å²) in [6, 6.07) is 17.5. The van der Waals surface area contributed by atoms with E-state index in [0.29, 0.717) is 0 Å². The van der Waals surface area contributed by atoms with Gasteiger partial charge in [-0.15, -0.1) is 0 Å². The molecule has 0 saturated carbocycles. The first kappa shape index (κ1) is 22.7. The Hall–Kier alpha value is -1.54. The number of benzene rings is 2. The Morgan fingerprint density at radius 3 is 1.57 bits per heavy atom. The quantitative estimate of drug-likeness (QED) is 0.222. The Bertz CT molecular complexity index is 661. The second-order valence-electron chi connectivity index (χ2n) is 7.58. The first-order valence-electron chi connectivity index (χ1n) is 11.0. The monoisotopic (exact) mass is 441 g/mol. The molecule has 28 heavy (non-hydrogen) atoms. The maximum absolute atomic E-state index is 3.49. The normalized spacial score (nSPS) is 11.2. The van der Waals surface area contributed by atoms with Crippen LogP contribution in [0.4, 0.5) is 5.69 Å². The van der Waals surface area contributed by atoms with Crippen molar-refractivity contribution in [1.82, 2.24) is 0 Å². The van der Waals surface area contributed by atoms with Gasteiger partial charge in [-0.25, -0.2) is 0 Å². The van der Waals surface area contributed by atoms with Gasteiger partial charge in [0, 0.05) is 23.2 Å². The molecule has 2 aromatic rings. The summed E-state index contributed by atoms with van der Waals surface area (Å²) in [7, 11) is 0. The number of unbranched alkanes of at least 4 members (excludes halogenated alkanes) is 6. The first-order chi connectivity index (χ1) is 13.7. The van der Waals surface area contributed by atoms with E-state index >= 15 is 0 Å². The summed E-state index contributed by atoms with van der Waals surface area (Å²) in [5.41, 5.74) is 3.85. The molecule has 0 fully saturated rings. The van der Waals surface area contributed by atoms with Gasteiger partial charge in [-0.05, 0) is 48.2 Å². The number of anilines is 1. The summed E-state index contributed by atoms with van der Waals surface area (Å²) in [5, 5.41) is 0. The van der Waals surface area contributed by atoms with E-state index in [0.717, 1.165) is 4.47 Å². The van der Waals surface area contributed by atoms with Gasteiger partial charge in [0.25, 0.3) is 0 Å². The predicted molar refractivity (Wildman–Crippen MR) is 130 cm³/mol. The molecule has 152 valence electrons. The number of halogens is 1. The lowest BCUT2D eigenvalue weighted by molar-refractivity contribution is 0.609.